The van der Waals surface area contributed by atoms with Gasteiger partial charge in [-0.1, -0.05) is 19.1 Å². The molecule has 0 spiro atoms. The van der Waals surface area contributed by atoms with Crippen LogP contribution in [0.2, 0.25) is 0 Å². The Hall–Kier alpha value is -1.22. The van der Waals surface area contributed by atoms with Crippen LogP contribution in [0.1, 0.15) is 35.7 Å². The van der Waals surface area contributed by atoms with E-state index < -0.39 is 0 Å². The smallest absolute Gasteiger partial charge is 0.150 e. The lowest BCUT2D eigenvalue weighted by Gasteiger charge is -2.30. The maximum atomic E-state index is 13.7. The Bertz CT molecular complexity index is 397. The number of carbonyl (C=O) groups excluding carboxylic acids is 1. The summed E-state index contributed by atoms with van der Waals surface area (Å²) in [4.78, 5) is 12.8. The third kappa shape index (κ3) is 3.13. The summed E-state index contributed by atoms with van der Waals surface area (Å²) in [6, 6.07) is 4.71. The van der Waals surface area contributed by atoms with Crippen molar-refractivity contribution in [3.8, 4) is 0 Å². The summed E-state index contributed by atoms with van der Waals surface area (Å²) in [7, 11) is 0. The van der Waals surface area contributed by atoms with Crippen LogP contribution in [-0.4, -0.2) is 24.3 Å². The molecule has 92 valence electrons. The summed E-state index contributed by atoms with van der Waals surface area (Å²) in [6.45, 7) is 4.99. The monoisotopic (exact) mass is 235 g/mol. The molecule has 0 aliphatic carbocycles. The van der Waals surface area contributed by atoms with E-state index in [0.29, 0.717) is 24.0 Å². The highest BCUT2D eigenvalue weighted by Gasteiger charge is 2.16. The number of aldehydes is 1. The van der Waals surface area contributed by atoms with E-state index in [2.05, 4.69) is 11.8 Å². The van der Waals surface area contributed by atoms with Gasteiger partial charge in [0.05, 0.1) is 0 Å². The van der Waals surface area contributed by atoms with Gasteiger partial charge >= 0.3 is 0 Å². The van der Waals surface area contributed by atoms with E-state index in [4.69, 9.17) is 0 Å². The summed E-state index contributed by atoms with van der Waals surface area (Å²) in [6.07, 6.45) is 3.05. The highest BCUT2D eigenvalue weighted by atomic mass is 19.1. The molecule has 0 saturated carbocycles. The molecule has 1 aromatic rings. The van der Waals surface area contributed by atoms with E-state index in [1.807, 2.05) is 0 Å². The van der Waals surface area contributed by atoms with Gasteiger partial charge in [-0.3, -0.25) is 9.69 Å². The number of nitrogens with zero attached hydrogens (tertiary/aromatic N) is 1. The van der Waals surface area contributed by atoms with Crippen LogP contribution in [0.3, 0.4) is 0 Å². The quantitative estimate of drug-likeness (QED) is 0.751. The fourth-order valence-corrected chi connectivity index (χ4v) is 2.23. The molecule has 0 unspecified atom stereocenters. The van der Waals surface area contributed by atoms with Crippen molar-refractivity contribution >= 4 is 6.29 Å². The van der Waals surface area contributed by atoms with Gasteiger partial charge in [0.15, 0.2) is 0 Å². The zero-order valence-electron chi connectivity index (χ0n) is 10.2. The maximum absolute atomic E-state index is 13.7. The number of likely N-dealkylation sites (tertiary alicyclic amines) is 1. The van der Waals surface area contributed by atoms with Crippen molar-refractivity contribution in [1.82, 2.24) is 4.90 Å². The molecular formula is C14H18FNO. The van der Waals surface area contributed by atoms with E-state index in [1.165, 1.54) is 18.9 Å². The van der Waals surface area contributed by atoms with Gasteiger partial charge in [0.1, 0.15) is 12.1 Å². The van der Waals surface area contributed by atoms with Crippen LogP contribution in [0.15, 0.2) is 18.2 Å². The predicted molar refractivity (Wildman–Crippen MR) is 65.5 cm³/mol. The fourth-order valence-electron chi connectivity index (χ4n) is 2.23. The topological polar surface area (TPSA) is 20.3 Å². The number of halogens is 1. The molecule has 1 aliphatic heterocycles. The Morgan fingerprint density at radius 2 is 2.12 bits per heavy atom. The van der Waals surface area contributed by atoms with E-state index in [-0.39, 0.29) is 5.82 Å². The van der Waals surface area contributed by atoms with Gasteiger partial charge in [0.2, 0.25) is 0 Å². The third-order valence-corrected chi connectivity index (χ3v) is 3.48. The zero-order valence-corrected chi connectivity index (χ0v) is 10.2. The second kappa shape index (κ2) is 5.41. The first-order valence-electron chi connectivity index (χ1n) is 6.15. The highest BCUT2D eigenvalue weighted by molar-refractivity contribution is 5.74. The number of carbonyl (C=O) groups is 1. The van der Waals surface area contributed by atoms with Crippen molar-refractivity contribution in [2.75, 3.05) is 13.1 Å². The molecule has 0 amide bonds. The molecule has 3 heteroatoms. The molecule has 1 saturated heterocycles. The van der Waals surface area contributed by atoms with Gasteiger partial charge < -0.3 is 0 Å². The molecule has 17 heavy (non-hydrogen) atoms. The number of hydrogen-bond acceptors (Lipinski definition) is 2. The first-order valence-corrected chi connectivity index (χ1v) is 6.15. The van der Waals surface area contributed by atoms with Crippen molar-refractivity contribution in [1.29, 1.82) is 0 Å². The van der Waals surface area contributed by atoms with Crippen molar-refractivity contribution in [3.63, 3.8) is 0 Å². The molecule has 0 bridgehead atoms. The Morgan fingerprint density at radius 1 is 1.41 bits per heavy atom. The van der Waals surface area contributed by atoms with E-state index >= 15 is 0 Å². The fraction of sp³-hybridized carbons (Fsp3) is 0.500. The van der Waals surface area contributed by atoms with E-state index in [9.17, 15) is 9.18 Å². The average molecular weight is 235 g/mol. The number of piperidine rings is 1. The minimum atomic E-state index is -0.270. The second-order valence-corrected chi connectivity index (χ2v) is 4.93. The lowest BCUT2D eigenvalue weighted by atomic mass is 9.99. The average Bonchev–Trinajstić information content (AvgIpc) is 2.34. The molecule has 1 heterocycles. The Labute approximate surface area is 101 Å². The molecule has 1 aromatic carbocycles. The predicted octanol–water partition coefficient (Wildman–Crippen LogP) is 2.87. The third-order valence-electron chi connectivity index (χ3n) is 3.48. The van der Waals surface area contributed by atoms with Gasteiger partial charge in [-0.15, -0.1) is 0 Å². The Morgan fingerprint density at radius 3 is 2.71 bits per heavy atom. The molecule has 1 aliphatic rings. The van der Waals surface area contributed by atoms with Gasteiger partial charge in [0, 0.05) is 17.7 Å². The van der Waals surface area contributed by atoms with Gasteiger partial charge in [-0.05, 0) is 37.9 Å². The highest BCUT2D eigenvalue weighted by Crippen LogP contribution is 2.19. The SMILES string of the molecule is CC1CCN(Cc2ccc(C=O)cc2F)CC1. The zero-order chi connectivity index (χ0) is 12.3. The first kappa shape index (κ1) is 12.2. The summed E-state index contributed by atoms with van der Waals surface area (Å²) >= 11 is 0. The van der Waals surface area contributed by atoms with Gasteiger partial charge in [-0.2, -0.15) is 0 Å². The van der Waals surface area contributed by atoms with Crippen LogP contribution in [0, 0.1) is 11.7 Å². The van der Waals surface area contributed by atoms with Crippen molar-refractivity contribution in [2.45, 2.75) is 26.3 Å². The van der Waals surface area contributed by atoms with Crippen LogP contribution < -0.4 is 0 Å². The molecule has 0 aromatic heterocycles. The molecule has 0 atom stereocenters. The summed E-state index contributed by atoms with van der Waals surface area (Å²) in [5, 5.41) is 0. The summed E-state index contributed by atoms with van der Waals surface area (Å²) in [5.41, 5.74) is 1.09. The minimum Gasteiger partial charge on any atom is -0.299 e. The molecule has 2 nitrogen and oxygen atoms in total. The molecule has 1 fully saturated rings. The maximum Gasteiger partial charge on any atom is 0.150 e. The lowest BCUT2D eigenvalue weighted by molar-refractivity contribution is 0.112. The minimum absolute atomic E-state index is 0.270. The molecule has 2 rings (SSSR count). The number of hydrogen-bond donors (Lipinski definition) is 0. The molecular weight excluding hydrogens is 217 g/mol. The van der Waals surface area contributed by atoms with E-state index in [1.54, 1.807) is 12.1 Å². The largest absolute Gasteiger partial charge is 0.299 e. The van der Waals surface area contributed by atoms with Crippen LogP contribution in [0.4, 0.5) is 4.39 Å². The number of benzene rings is 1. The Kier molecular flexibility index (Phi) is 3.89. The second-order valence-electron chi connectivity index (χ2n) is 4.93. The van der Waals surface area contributed by atoms with E-state index in [0.717, 1.165) is 19.0 Å². The van der Waals surface area contributed by atoms with Crippen LogP contribution in [0.5, 0.6) is 0 Å². The van der Waals surface area contributed by atoms with Crippen molar-refractivity contribution < 1.29 is 9.18 Å². The molecule has 0 N–H and O–H groups in total. The van der Waals surface area contributed by atoms with Crippen LogP contribution in [-0.2, 0) is 6.54 Å². The summed E-state index contributed by atoms with van der Waals surface area (Å²) in [5.74, 6) is 0.516. The Balaban J connectivity index is 2.01. The molecule has 0 radical (unpaired) electrons. The first-order chi connectivity index (χ1) is 8.19. The van der Waals surface area contributed by atoms with Crippen LogP contribution in [0.25, 0.3) is 0 Å². The number of rotatable bonds is 3. The normalized spacial score (nSPS) is 18.2. The van der Waals surface area contributed by atoms with Crippen molar-refractivity contribution in [3.05, 3.63) is 35.1 Å². The van der Waals surface area contributed by atoms with Gasteiger partial charge in [0.25, 0.3) is 0 Å². The van der Waals surface area contributed by atoms with Crippen LogP contribution >= 0.6 is 0 Å². The lowest BCUT2D eigenvalue weighted by Crippen LogP contribution is -2.32. The summed E-state index contributed by atoms with van der Waals surface area (Å²) < 4.78 is 13.7. The van der Waals surface area contributed by atoms with Gasteiger partial charge in [-0.25, -0.2) is 4.39 Å². The standard InChI is InChI=1S/C14H18FNO/c1-11-4-6-16(7-5-11)9-13-3-2-12(10-17)8-14(13)15/h2-3,8,10-11H,4-7,9H2,1H3. The van der Waals surface area contributed by atoms with Crippen molar-refractivity contribution in [2.24, 2.45) is 5.92 Å².